The second-order valence-corrected chi connectivity index (χ2v) is 9.11. The van der Waals surface area contributed by atoms with Crippen LogP contribution in [0, 0.1) is 5.92 Å². The Labute approximate surface area is 203 Å². The van der Waals surface area contributed by atoms with Crippen molar-refractivity contribution in [3.05, 3.63) is 29.5 Å². The Bertz CT molecular complexity index is 1060. The van der Waals surface area contributed by atoms with Gasteiger partial charge in [0.25, 0.3) is 5.92 Å². The van der Waals surface area contributed by atoms with E-state index in [4.69, 9.17) is 30.2 Å². The molecule has 1 aromatic carbocycles. The van der Waals surface area contributed by atoms with Crippen LogP contribution >= 0.6 is 11.6 Å². The number of nitrogens with zero attached hydrogens (tertiary/aromatic N) is 1. The smallest absolute Gasteiger partial charge is 0.416 e. The van der Waals surface area contributed by atoms with Crippen molar-refractivity contribution >= 4 is 34.2 Å². The summed E-state index contributed by atoms with van der Waals surface area (Å²) in [4.78, 5) is 13.5. The third-order valence-electron chi connectivity index (χ3n) is 6.59. The molecule has 0 radical (unpaired) electrons. The summed E-state index contributed by atoms with van der Waals surface area (Å²) in [7, 11) is 1.06. The number of furan rings is 1. The van der Waals surface area contributed by atoms with Crippen LogP contribution in [0.4, 0.5) is 27.6 Å². The quantitative estimate of drug-likeness (QED) is 0.257. The number of hydrogen-bond acceptors (Lipinski definition) is 6. The van der Waals surface area contributed by atoms with Crippen molar-refractivity contribution in [2.75, 3.05) is 44.2 Å². The van der Waals surface area contributed by atoms with E-state index >= 15 is 8.78 Å². The Morgan fingerprint density at radius 2 is 1.83 bits per heavy atom. The van der Waals surface area contributed by atoms with E-state index in [1.165, 1.54) is 0 Å². The van der Waals surface area contributed by atoms with Gasteiger partial charge < -0.3 is 23.5 Å². The number of anilines is 1. The second kappa shape index (κ2) is 9.74. The minimum atomic E-state index is -4.68. The highest BCUT2D eigenvalue weighted by Gasteiger charge is 2.49. The third kappa shape index (κ3) is 5.22. The number of fused-ring (bicyclic) bond motifs is 1. The zero-order valence-electron chi connectivity index (χ0n) is 18.9. The number of benzene rings is 1. The number of carbonyl (C=O) groups excluding carboxylic acids is 1. The van der Waals surface area contributed by atoms with Gasteiger partial charge in [-0.25, -0.2) is 13.6 Å². The zero-order valence-corrected chi connectivity index (χ0v) is 19.7. The third-order valence-corrected chi connectivity index (χ3v) is 6.76. The van der Waals surface area contributed by atoms with Gasteiger partial charge in [-0.3, -0.25) is 0 Å². The van der Waals surface area contributed by atoms with Gasteiger partial charge in [0, 0.05) is 36.6 Å². The van der Waals surface area contributed by atoms with Gasteiger partial charge >= 0.3 is 12.1 Å². The first-order valence-corrected chi connectivity index (χ1v) is 11.7. The van der Waals surface area contributed by atoms with Gasteiger partial charge in [0.1, 0.15) is 5.58 Å². The summed E-state index contributed by atoms with van der Waals surface area (Å²) in [6.45, 7) is -0.175. The highest BCUT2D eigenvalue weighted by atomic mass is 35.5. The fourth-order valence-electron chi connectivity index (χ4n) is 4.83. The molecule has 1 aliphatic heterocycles. The number of esters is 1. The first-order chi connectivity index (χ1) is 16.5. The molecule has 1 saturated carbocycles. The molecule has 1 saturated heterocycles. The van der Waals surface area contributed by atoms with E-state index in [0.29, 0.717) is 26.1 Å². The normalized spacial score (nSPS) is 18.9. The van der Waals surface area contributed by atoms with Gasteiger partial charge in [0.05, 0.1) is 38.1 Å². The predicted octanol–water partition coefficient (Wildman–Crippen LogP) is 5.85. The molecule has 2 aliphatic rings. The summed E-state index contributed by atoms with van der Waals surface area (Å²) in [5.41, 5.74) is -1.27. The lowest BCUT2D eigenvalue weighted by molar-refractivity contribution is -0.197. The maximum atomic E-state index is 15.5. The summed E-state index contributed by atoms with van der Waals surface area (Å²) in [6.07, 6.45) is -3.75. The SMILES string of the molecule is COC(=O)c1oc2ccc(C(F)(F)F)cc2c1N(CCCl)CC(F)(F)C1CCC2(CC1)OCCO2. The fraction of sp³-hybridized carbons (Fsp3) is 0.609. The minimum absolute atomic E-state index is 0.0635. The molecule has 0 N–H and O–H groups in total. The lowest BCUT2D eigenvalue weighted by atomic mass is 9.81. The van der Waals surface area contributed by atoms with Crippen LogP contribution in [-0.4, -0.2) is 57.0 Å². The standard InChI is InChI=1S/C23H25ClF5NO5/c1-32-20(31)19-18(16-12-15(23(27,28)29)2-3-17(16)35-19)30(9-8-24)13-22(25,26)14-4-6-21(7-5-14)33-10-11-34-21/h2-3,12,14H,4-11,13H2,1H3. The van der Waals surface area contributed by atoms with Crippen molar-refractivity contribution in [2.45, 2.75) is 43.6 Å². The van der Waals surface area contributed by atoms with E-state index in [1.807, 2.05) is 0 Å². The Morgan fingerprint density at radius 3 is 2.40 bits per heavy atom. The average Bonchev–Trinajstić information content (AvgIpc) is 3.42. The first kappa shape index (κ1) is 26.0. The van der Waals surface area contributed by atoms with Gasteiger partial charge in [-0.2, -0.15) is 13.2 Å². The van der Waals surface area contributed by atoms with E-state index < -0.39 is 47.6 Å². The Morgan fingerprint density at radius 1 is 1.17 bits per heavy atom. The largest absolute Gasteiger partial charge is 0.463 e. The topological polar surface area (TPSA) is 61.1 Å². The summed E-state index contributed by atoms with van der Waals surface area (Å²) in [5, 5.41) is -0.128. The van der Waals surface area contributed by atoms with E-state index in [9.17, 15) is 18.0 Å². The summed E-state index contributed by atoms with van der Waals surface area (Å²) in [6, 6.07) is 2.62. The van der Waals surface area contributed by atoms with Crippen LogP contribution in [0.1, 0.15) is 41.8 Å². The summed E-state index contributed by atoms with van der Waals surface area (Å²) < 4.78 is 92.6. The van der Waals surface area contributed by atoms with Crippen LogP contribution in [0.3, 0.4) is 0 Å². The number of halogens is 6. The van der Waals surface area contributed by atoms with Gasteiger partial charge in [-0.1, -0.05) is 0 Å². The molecule has 35 heavy (non-hydrogen) atoms. The molecule has 6 nitrogen and oxygen atoms in total. The predicted molar refractivity (Wildman–Crippen MR) is 117 cm³/mol. The molecule has 2 fully saturated rings. The molecule has 12 heteroatoms. The molecule has 0 atom stereocenters. The van der Waals surface area contributed by atoms with Crippen LogP contribution in [0.15, 0.2) is 22.6 Å². The number of ether oxygens (including phenoxy) is 3. The number of hydrogen-bond donors (Lipinski definition) is 0. The highest BCUT2D eigenvalue weighted by Crippen LogP contribution is 2.46. The molecule has 4 rings (SSSR count). The van der Waals surface area contributed by atoms with Gasteiger partial charge in [0.2, 0.25) is 5.76 Å². The lowest BCUT2D eigenvalue weighted by Crippen LogP contribution is -2.47. The number of methoxy groups -OCH3 is 1. The van der Waals surface area contributed by atoms with Crippen molar-refractivity contribution in [1.82, 2.24) is 0 Å². The van der Waals surface area contributed by atoms with E-state index in [-0.39, 0.29) is 41.9 Å². The Kier molecular flexibility index (Phi) is 7.23. The molecule has 2 heterocycles. The maximum Gasteiger partial charge on any atom is 0.416 e. The monoisotopic (exact) mass is 525 g/mol. The van der Waals surface area contributed by atoms with E-state index in [2.05, 4.69) is 0 Å². The van der Waals surface area contributed by atoms with Crippen molar-refractivity contribution in [1.29, 1.82) is 0 Å². The molecule has 2 aromatic rings. The van der Waals surface area contributed by atoms with Gasteiger partial charge in [0.15, 0.2) is 5.79 Å². The van der Waals surface area contributed by atoms with Crippen LogP contribution in [0.2, 0.25) is 0 Å². The van der Waals surface area contributed by atoms with E-state index in [0.717, 1.165) is 30.2 Å². The molecular weight excluding hydrogens is 501 g/mol. The molecule has 1 aromatic heterocycles. The minimum Gasteiger partial charge on any atom is -0.463 e. The fourth-order valence-corrected chi connectivity index (χ4v) is 5.03. The van der Waals surface area contributed by atoms with Gasteiger partial charge in [-0.05, 0) is 31.0 Å². The van der Waals surface area contributed by atoms with Crippen LogP contribution < -0.4 is 4.90 Å². The number of alkyl halides is 6. The lowest BCUT2D eigenvalue weighted by Gasteiger charge is -2.40. The number of carbonyl (C=O) groups is 1. The van der Waals surface area contributed by atoms with E-state index in [1.54, 1.807) is 0 Å². The molecular formula is C23H25ClF5NO5. The van der Waals surface area contributed by atoms with Crippen molar-refractivity contribution in [2.24, 2.45) is 5.92 Å². The zero-order chi connectivity index (χ0) is 25.4. The molecule has 1 aliphatic carbocycles. The van der Waals surface area contributed by atoms with Crippen LogP contribution in [0.5, 0.6) is 0 Å². The summed E-state index contributed by atoms with van der Waals surface area (Å²) in [5.74, 6) is -6.64. The Hall–Kier alpha value is -2.11. The molecule has 194 valence electrons. The van der Waals surface area contributed by atoms with Crippen molar-refractivity contribution < 1.29 is 45.4 Å². The first-order valence-electron chi connectivity index (χ1n) is 11.2. The molecule has 1 spiro atoms. The number of rotatable bonds is 7. The highest BCUT2D eigenvalue weighted by molar-refractivity contribution is 6.18. The van der Waals surface area contributed by atoms with Crippen molar-refractivity contribution in [3.8, 4) is 0 Å². The van der Waals surface area contributed by atoms with Crippen molar-refractivity contribution in [3.63, 3.8) is 0 Å². The molecule has 0 bridgehead atoms. The molecule has 0 amide bonds. The Balaban J connectivity index is 1.68. The van der Waals surface area contributed by atoms with Crippen LogP contribution in [-0.2, 0) is 20.4 Å². The maximum absolute atomic E-state index is 15.5. The summed E-state index contributed by atoms with van der Waals surface area (Å²) >= 11 is 5.88. The average molecular weight is 526 g/mol. The van der Waals surface area contributed by atoms with Gasteiger partial charge in [-0.15, -0.1) is 11.6 Å². The molecule has 0 unspecified atom stereocenters. The second-order valence-electron chi connectivity index (χ2n) is 8.73. The van der Waals surface area contributed by atoms with Crippen LogP contribution in [0.25, 0.3) is 11.0 Å².